The van der Waals surface area contributed by atoms with Crippen molar-refractivity contribution in [1.29, 1.82) is 0 Å². The van der Waals surface area contributed by atoms with E-state index in [1.165, 1.54) is 15.0 Å². The zero-order valence-electron chi connectivity index (χ0n) is 12.5. The van der Waals surface area contributed by atoms with Crippen LogP contribution in [0.15, 0.2) is 46.2 Å². The molecule has 0 aliphatic rings. The van der Waals surface area contributed by atoms with Crippen LogP contribution in [0, 0.1) is 0 Å². The molecule has 4 aromatic rings. The average Bonchev–Trinajstić information content (AvgIpc) is 3.18. The topological polar surface area (TPSA) is 35.0 Å². The van der Waals surface area contributed by atoms with E-state index in [1.54, 1.807) is 34.4 Å². The van der Waals surface area contributed by atoms with Crippen LogP contribution in [0.2, 0.25) is 0 Å². The second-order valence-electron chi connectivity index (χ2n) is 4.95. The molecule has 0 N–H and O–H groups in total. The normalized spacial score (nSPS) is 11.3. The van der Waals surface area contributed by atoms with Crippen LogP contribution in [-0.4, -0.2) is 16.6 Å². The summed E-state index contributed by atoms with van der Waals surface area (Å²) in [5.74, 6) is 1.78. The standard InChI is InChI=1S/C17H14N2OS3/c1-2-20-14-8-13-16(22-10-18-13)7-11(14)9-21-17-19-12-5-3-4-6-15(12)23-17/h3-8,10H,2,9H2,1H3. The van der Waals surface area contributed by atoms with Gasteiger partial charge in [-0.05, 0) is 25.1 Å². The van der Waals surface area contributed by atoms with Crippen molar-refractivity contribution >= 4 is 54.9 Å². The molecule has 4 rings (SSSR count). The molecule has 0 saturated carbocycles. The van der Waals surface area contributed by atoms with Crippen LogP contribution < -0.4 is 4.74 Å². The van der Waals surface area contributed by atoms with Gasteiger partial charge in [-0.3, -0.25) is 0 Å². The summed E-state index contributed by atoms with van der Waals surface area (Å²) in [4.78, 5) is 9.06. The quantitative estimate of drug-likeness (QED) is 0.435. The predicted octanol–water partition coefficient (Wildman–Crippen LogP) is 5.60. The Labute approximate surface area is 146 Å². The molecular weight excluding hydrogens is 344 g/mol. The van der Waals surface area contributed by atoms with Gasteiger partial charge in [0.2, 0.25) is 0 Å². The Morgan fingerprint density at radius 1 is 1.13 bits per heavy atom. The molecule has 2 aromatic heterocycles. The largest absolute Gasteiger partial charge is 0.493 e. The molecule has 0 bridgehead atoms. The number of nitrogens with zero attached hydrogens (tertiary/aromatic N) is 2. The van der Waals surface area contributed by atoms with Crippen molar-refractivity contribution in [2.24, 2.45) is 0 Å². The summed E-state index contributed by atoms with van der Waals surface area (Å²) >= 11 is 5.17. The molecule has 0 spiro atoms. The van der Waals surface area contributed by atoms with Gasteiger partial charge in [-0.1, -0.05) is 23.9 Å². The van der Waals surface area contributed by atoms with E-state index >= 15 is 0 Å². The van der Waals surface area contributed by atoms with Crippen molar-refractivity contribution in [1.82, 2.24) is 9.97 Å². The summed E-state index contributed by atoms with van der Waals surface area (Å²) in [7, 11) is 0. The van der Waals surface area contributed by atoms with Gasteiger partial charge in [0.05, 0.1) is 32.6 Å². The van der Waals surface area contributed by atoms with E-state index < -0.39 is 0 Å². The van der Waals surface area contributed by atoms with Crippen LogP contribution in [0.25, 0.3) is 20.4 Å². The smallest absolute Gasteiger partial charge is 0.151 e. The second-order valence-corrected chi connectivity index (χ2v) is 8.09. The van der Waals surface area contributed by atoms with Crippen LogP contribution in [-0.2, 0) is 5.75 Å². The first-order valence-electron chi connectivity index (χ1n) is 7.31. The van der Waals surface area contributed by atoms with Gasteiger partial charge >= 0.3 is 0 Å². The first-order valence-corrected chi connectivity index (χ1v) is 9.99. The summed E-state index contributed by atoms with van der Waals surface area (Å²) in [6.45, 7) is 2.67. The number of hydrogen-bond donors (Lipinski definition) is 0. The van der Waals surface area contributed by atoms with Crippen LogP contribution in [0.5, 0.6) is 5.75 Å². The molecule has 0 unspecified atom stereocenters. The number of hydrogen-bond acceptors (Lipinski definition) is 6. The number of rotatable bonds is 5. The molecule has 3 nitrogen and oxygen atoms in total. The monoisotopic (exact) mass is 358 g/mol. The minimum atomic E-state index is 0.661. The van der Waals surface area contributed by atoms with Gasteiger partial charge in [-0.15, -0.1) is 22.7 Å². The molecule has 2 aromatic carbocycles. The van der Waals surface area contributed by atoms with Crippen molar-refractivity contribution in [2.45, 2.75) is 17.0 Å². The number of para-hydroxylation sites is 1. The van der Waals surface area contributed by atoms with E-state index in [9.17, 15) is 0 Å². The molecule has 0 radical (unpaired) electrons. The third-order valence-corrected chi connectivity index (χ3v) is 6.46. The molecule has 2 heterocycles. The zero-order valence-corrected chi connectivity index (χ0v) is 14.9. The van der Waals surface area contributed by atoms with Crippen LogP contribution in [0.4, 0.5) is 0 Å². The Kier molecular flexibility index (Phi) is 4.20. The van der Waals surface area contributed by atoms with Gasteiger partial charge in [-0.2, -0.15) is 0 Å². The van der Waals surface area contributed by atoms with Crippen molar-refractivity contribution in [3.63, 3.8) is 0 Å². The Morgan fingerprint density at radius 3 is 2.91 bits per heavy atom. The van der Waals surface area contributed by atoms with Crippen molar-refractivity contribution < 1.29 is 4.74 Å². The highest BCUT2D eigenvalue weighted by atomic mass is 32.2. The molecule has 0 aliphatic carbocycles. The highest BCUT2D eigenvalue weighted by Gasteiger charge is 2.10. The van der Waals surface area contributed by atoms with Gasteiger partial charge in [0.25, 0.3) is 0 Å². The maximum absolute atomic E-state index is 5.80. The average molecular weight is 359 g/mol. The molecular formula is C17H14N2OS3. The first-order chi connectivity index (χ1) is 11.3. The Hall–Kier alpha value is -1.63. The van der Waals surface area contributed by atoms with Crippen LogP contribution in [0.1, 0.15) is 12.5 Å². The lowest BCUT2D eigenvalue weighted by Crippen LogP contribution is -1.95. The van der Waals surface area contributed by atoms with Gasteiger partial charge in [0, 0.05) is 17.4 Å². The second kappa shape index (κ2) is 6.47. The molecule has 0 aliphatic heterocycles. The molecule has 6 heteroatoms. The minimum Gasteiger partial charge on any atom is -0.493 e. The maximum Gasteiger partial charge on any atom is 0.151 e. The predicted molar refractivity (Wildman–Crippen MR) is 100.0 cm³/mol. The molecule has 23 heavy (non-hydrogen) atoms. The summed E-state index contributed by atoms with van der Waals surface area (Å²) in [6.07, 6.45) is 0. The van der Waals surface area contributed by atoms with Crippen LogP contribution in [0.3, 0.4) is 0 Å². The van der Waals surface area contributed by atoms with Gasteiger partial charge < -0.3 is 4.74 Å². The summed E-state index contributed by atoms with van der Waals surface area (Å²) in [5.41, 5.74) is 5.16. The van der Waals surface area contributed by atoms with E-state index in [0.717, 1.165) is 26.9 Å². The molecule has 0 amide bonds. The van der Waals surface area contributed by atoms with Crippen LogP contribution >= 0.6 is 34.4 Å². The lowest BCUT2D eigenvalue weighted by molar-refractivity contribution is 0.338. The van der Waals surface area contributed by atoms with E-state index in [4.69, 9.17) is 4.74 Å². The summed E-state index contributed by atoms with van der Waals surface area (Å²) in [5, 5.41) is 0. The van der Waals surface area contributed by atoms with E-state index in [0.29, 0.717) is 6.61 Å². The summed E-state index contributed by atoms with van der Waals surface area (Å²) in [6, 6.07) is 12.5. The fourth-order valence-electron chi connectivity index (χ4n) is 2.38. The van der Waals surface area contributed by atoms with Crippen molar-refractivity contribution in [2.75, 3.05) is 6.61 Å². The number of thioether (sulfide) groups is 1. The van der Waals surface area contributed by atoms with Crippen molar-refractivity contribution in [3.8, 4) is 5.75 Å². The Morgan fingerprint density at radius 2 is 2.04 bits per heavy atom. The fraction of sp³-hybridized carbons (Fsp3) is 0.176. The maximum atomic E-state index is 5.80. The Balaban J connectivity index is 1.61. The molecule has 0 atom stereocenters. The van der Waals surface area contributed by atoms with E-state index in [1.807, 2.05) is 24.6 Å². The molecule has 0 saturated heterocycles. The highest BCUT2D eigenvalue weighted by molar-refractivity contribution is 8.00. The van der Waals surface area contributed by atoms with Gasteiger partial charge in [0.1, 0.15) is 5.75 Å². The molecule has 116 valence electrons. The van der Waals surface area contributed by atoms with Crippen molar-refractivity contribution in [3.05, 3.63) is 47.5 Å². The lowest BCUT2D eigenvalue weighted by Gasteiger charge is -2.09. The number of fused-ring (bicyclic) bond motifs is 2. The third-order valence-electron chi connectivity index (χ3n) is 3.44. The van der Waals surface area contributed by atoms with Gasteiger partial charge in [0.15, 0.2) is 4.34 Å². The SMILES string of the molecule is CCOc1cc2ncsc2cc1CSc1nc2ccccc2s1. The van der Waals surface area contributed by atoms with E-state index in [2.05, 4.69) is 34.2 Å². The zero-order chi connectivity index (χ0) is 15.6. The fourth-order valence-corrected chi connectivity index (χ4v) is 5.15. The molecule has 0 fully saturated rings. The number of thiazole rings is 2. The summed E-state index contributed by atoms with van der Waals surface area (Å²) < 4.78 is 9.33. The number of ether oxygens (including phenoxy) is 1. The third kappa shape index (κ3) is 3.06. The Bertz CT molecular complexity index is 928. The number of aromatic nitrogens is 2. The lowest BCUT2D eigenvalue weighted by atomic mass is 10.2. The minimum absolute atomic E-state index is 0.661. The highest BCUT2D eigenvalue weighted by Crippen LogP contribution is 2.35. The number of benzene rings is 2. The first kappa shape index (κ1) is 14.9. The van der Waals surface area contributed by atoms with Gasteiger partial charge in [-0.25, -0.2) is 9.97 Å². The van der Waals surface area contributed by atoms with E-state index in [-0.39, 0.29) is 0 Å².